The van der Waals surface area contributed by atoms with Crippen molar-refractivity contribution in [3.63, 3.8) is 0 Å². The van der Waals surface area contributed by atoms with Gasteiger partial charge >= 0.3 is 6.09 Å². The molecule has 0 saturated heterocycles. The summed E-state index contributed by atoms with van der Waals surface area (Å²) in [6.07, 6.45) is -0.165. The number of anilines is 2. The molecular weight excluding hydrogens is 480 g/mol. The van der Waals surface area contributed by atoms with Crippen LogP contribution in [-0.2, 0) is 14.8 Å². The van der Waals surface area contributed by atoms with Crippen molar-refractivity contribution in [3.8, 4) is 0 Å². The molecule has 1 unspecified atom stereocenters. The normalized spacial score (nSPS) is 12.3. The topological polar surface area (TPSA) is 109 Å². The molecule has 35 heavy (non-hydrogen) atoms. The van der Waals surface area contributed by atoms with Crippen LogP contribution in [0.4, 0.5) is 25.0 Å². The lowest BCUT2D eigenvalue weighted by Crippen LogP contribution is -2.35. The van der Waals surface area contributed by atoms with Gasteiger partial charge in [0.15, 0.2) is 0 Å². The Morgan fingerprint density at radius 1 is 0.971 bits per heavy atom. The predicted octanol–water partition coefficient (Wildman–Crippen LogP) is 4.99. The van der Waals surface area contributed by atoms with Gasteiger partial charge in [-0.25, -0.2) is 22.0 Å². The molecule has 0 saturated carbocycles. The van der Waals surface area contributed by atoms with Gasteiger partial charge in [0.25, 0.3) is 10.0 Å². The first-order valence-corrected chi connectivity index (χ1v) is 11.7. The molecule has 2 amide bonds. The third-order valence-corrected chi connectivity index (χ3v) is 7.12. The summed E-state index contributed by atoms with van der Waals surface area (Å²) >= 11 is 0. The zero-order valence-corrected chi connectivity index (χ0v) is 19.0. The van der Waals surface area contributed by atoms with Crippen LogP contribution in [0.15, 0.2) is 83.9 Å². The molecule has 0 aliphatic carbocycles. The number of hydrogen-bond acceptors (Lipinski definition) is 4. The molecule has 4 rings (SSSR count). The van der Waals surface area contributed by atoms with Crippen LogP contribution >= 0.6 is 0 Å². The highest BCUT2D eigenvalue weighted by Crippen LogP contribution is 2.26. The molecule has 0 aliphatic heterocycles. The van der Waals surface area contributed by atoms with Gasteiger partial charge in [-0.3, -0.25) is 4.79 Å². The fourth-order valence-electron chi connectivity index (χ4n) is 3.61. The van der Waals surface area contributed by atoms with Crippen LogP contribution in [0.2, 0.25) is 0 Å². The molecule has 0 radical (unpaired) electrons. The maximum absolute atomic E-state index is 14.0. The molecule has 11 heteroatoms. The highest BCUT2D eigenvalue weighted by atomic mass is 32.2. The Labute approximate surface area is 199 Å². The fourth-order valence-corrected chi connectivity index (χ4v) is 4.90. The predicted molar refractivity (Wildman–Crippen MR) is 126 cm³/mol. The number of carboxylic acid groups (broad SMARTS) is 1. The van der Waals surface area contributed by atoms with Gasteiger partial charge in [0.1, 0.15) is 17.7 Å². The van der Waals surface area contributed by atoms with E-state index in [1.165, 1.54) is 18.2 Å². The first-order chi connectivity index (χ1) is 16.6. The molecule has 8 nitrogen and oxygen atoms in total. The minimum absolute atomic E-state index is 0.137. The van der Waals surface area contributed by atoms with Crippen molar-refractivity contribution in [1.29, 1.82) is 0 Å². The number of aromatic nitrogens is 1. The molecule has 0 spiro atoms. The van der Waals surface area contributed by atoms with E-state index in [0.29, 0.717) is 10.9 Å². The van der Waals surface area contributed by atoms with Crippen LogP contribution in [0.3, 0.4) is 0 Å². The minimum Gasteiger partial charge on any atom is -0.464 e. The van der Waals surface area contributed by atoms with Crippen LogP contribution in [-0.4, -0.2) is 30.1 Å². The number of benzene rings is 3. The summed E-state index contributed by atoms with van der Waals surface area (Å²) in [5.74, 6) is -1.48. The van der Waals surface area contributed by atoms with Crippen molar-refractivity contribution in [3.05, 3.63) is 90.6 Å². The third kappa shape index (κ3) is 4.58. The second-order valence-electron chi connectivity index (χ2n) is 7.61. The van der Waals surface area contributed by atoms with Crippen molar-refractivity contribution < 1.29 is 31.9 Å². The van der Waals surface area contributed by atoms with Gasteiger partial charge in [0.05, 0.1) is 16.1 Å². The largest absolute Gasteiger partial charge is 0.464 e. The van der Waals surface area contributed by atoms with E-state index in [9.17, 15) is 31.9 Å². The maximum atomic E-state index is 14.0. The standard InChI is InChI=1S/C24H19F2N3O5S/c1-15(28-14-13-20-21(26)3-2-4-22(20)28)23(30)27-17-7-11-19(12-8-17)35(33,34)29(24(31)32)18-9-5-16(25)6-10-18/h2-15H,1H3,(H,27,30)(H,31,32). The van der Waals surface area contributed by atoms with Crippen LogP contribution in [0.25, 0.3) is 10.9 Å². The van der Waals surface area contributed by atoms with E-state index in [4.69, 9.17) is 0 Å². The van der Waals surface area contributed by atoms with Crippen molar-refractivity contribution >= 4 is 44.3 Å². The van der Waals surface area contributed by atoms with Crippen molar-refractivity contribution in [2.45, 2.75) is 17.9 Å². The Balaban J connectivity index is 1.55. The Bertz CT molecular complexity index is 1520. The van der Waals surface area contributed by atoms with Crippen LogP contribution < -0.4 is 9.62 Å². The Kier molecular flexibility index (Phi) is 6.27. The molecule has 4 aromatic rings. The second kappa shape index (κ2) is 9.18. The van der Waals surface area contributed by atoms with Crippen LogP contribution in [0, 0.1) is 11.6 Å². The number of nitrogens with one attached hydrogen (secondary N) is 1. The van der Waals surface area contributed by atoms with Crippen molar-refractivity contribution in [2.75, 3.05) is 9.62 Å². The number of hydrogen-bond donors (Lipinski definition) is 2. The molecule has 0 aliphatic rings. The van der Waals surface area contributed by atoms with Gasteiger partial charge in [0.2, 0.25) is 5.91 Å². The molecule has 1 aromatic heterocycles. The van der Waals surface area contributed by atoms with Gasteiger partial charge in [-0.2, -0.15) is 4.31 Å². The molecule has 0 bridgehead atoms. The number of amides is 2. The molecule has 2 N–H and O–H groups in total. The zero-order valence-electron chi connectivity index (χ0n) is 18.2. The fraction of sp³-hybridized carbons (Fsp3) is 0.0833. The summed E-state index contributed by atoms with van der Waals surface area (Å²) < 4.78 is 54.8. The first-order valence-electron chi connectivity index (χ1n) is 10.3. The van der Waals surface area contributed by atoms with Crippen molar-refractivity contribution in [2.24, 2.45) is 0 Å². The van der Waals surface area contributed by atoms with Gasteiger partial charge in [-0.15, -0.1) is 0 Å². The van der Waals surface area contributed by atoms with E-state index >= 15 is 0 Å². The Morgan fingerprint density at radius 3 is 2.26 bits per heavy atom. The summed E-state index contributed by atoms with van der Waals surface area (Å²) in [5, 5.41) is 12.5. The Morgan fingerprint density at radius 2 is 1.63 bits per heavy atom. The number of nitrogens with zero attached hydrogens (tertiary/aromatic N) is 2. The van der Waals surface area contributed by atoms with E-state index in [1.54, 1.807) is 35.9 Å². The first kappa shape index (κ1) is 23.9. The molecule has 180 valence electrons. The summed E-state index contributed by atoms with van der Waals surface area (Å²) in [5.41, 5.74) is 0.566. The maximum Gasteiger partial charge on any atom is 0.426 e. The molecule has 3 aromatic carbocycles. The number of rotatable bonds is 6. The van der Waals surface area contributed by atoms with Gasteiger partial charge < -0.3 is 15.0 Å². The van der Waals surface area contributed by atoms with E-state index in [0.717, 1.165) is 36.4 Å². The monoisotopic (exact) mass is 499 g/mol. The summed E-state index contributed by atoms with van der Waals surface area (Å²) in [6, 6.07) is 14.3. The number of halogens is 2. The smallest absolute Gasteiger partial charge is 0.426 e. The highest BCUT2D eigenvalue weighted by Gasteiger charge is 2.31. The SMILES string of the molecule is CC(C(=O)Nc1ccc(S(=O)(=O)N(C(=O)O)c2ccc(F)cc2)cc1)n1ccc2c(F)cccc21. The van der Waals surface area contributed by atoms with Gasteiger partial charge in [-0.05, 0) is 73.7 Å². The average Bonchev–Trinajstić information content (AvgIpc) is 3.25. The number of fused-ring (bicyclic) bond motifs is 1. The van der Waals surface area contributed by atoms with E-state index < -0.39 is 39.7 Å². The lowest BCUT2D eigenvalue weighted by Gasteiger charge is -2.20. The molecule has 0 fully saturated rings. The van der Waals surface area contributed by atoms with Gasteiger partial charge in [-0.1, -0.05) is 6.07 Å². The van der Waals surface area contributed by atoms with E-state index in [1.807, 2.05) is 0 Å². The van der Waals surface area contributed by atoms with Crippen LogP contribution in [0.1, 0.15) is 13.0 Å². The number of sulfonamides is 1. The molecule has 1 heterocycles. The highest BCUT2D eigenvalue weighted by molar-refractivity contribution is 7.93. The summed E-state index contributed by atoms with van der Waals surface area (Å²) in [7, 11) is -4.53. The second-order valence-corrected chi connectivity index (χ2v) is 9.40. The van der Waals surface area contributed by atoms with E-state index in [2.05, 4.69) is 5.32 Å². The molecule has 1 atom stereocenters. The lowest BCUT2D eigenvalue weighted by molar-refractivity contribution is -0.118. The number of carbonyl (C=O) groups is 2. The van der Waals surface area contributed by atoms with Crippen LogP contribution in [0.5, 0.6) is 0 Å². The third-order valence-electron chi connectivity index (χ3n) is 5.40. The quantitative estimate of drug-likeness (QED) is 0.388. The lowest BCUT2D eigenvalue weighted by atomic mass is 10.2. The summed E-state index contributed by atoms with van der Waals surface area (Å²) in [6.45, 7) is 1.63. The Hall–Kier alpha value is -4.25. The van der Waals surface area contributed by atoms with Crippen molar-refractivity contribution in [1.82, 2.24) is 4.57 Å². The van der Waals surface area contributed by atoms with Gasteiger partial charge in [0, 0.05) is 17.3 Å². The average molecular weight is 499 g/mol. The summed E-state index contributed by atoms with van der Waals surface area (Å²) in [4.78, 5) is 24.1. The minimum atomic E-state index is -4.53. The number of carbonyl (C=O) groups excluding carboxylic acids is 1. The zero-order chi connectivity index (χ0) is 25.3. The molecular formula is C24H19F2N3O5S. The van der Waals surface area contributed by atoms with E-state index in [-0.39, 0.29) is 20.6 Å².